The van der Waals surface area contributed by atoms with E-state index < -0.39 is 16.1 Å². The fraction of sp³-hybridized carbons (Fsp3) is 0.182. The van der Waals surface area contributed by atoms with Crippen molar-refractivity contribution in [3.63, 3.8) is 0 Å². The van der Waals surface area contributed by atoms with Crippen molar-refractivity contribution in [3.8, 4) is 5.82 Å². The number of carbonyl (C=O) groups excluding carboxylic acids is 1. The zero-order chi connectivity index (χ0) is 25.2. The van der Waals surface area contributed by atoms with Crippen LogP contribution >= 0.6 is 22.9 Å². The molecule has 182 valence electrons. The summed E-state index contributed by atoms with van der Waals surface area (Å²) in [5, 5.41) is 6.12. The van der Waals surface area contributed by atoms with Crippen LogP contribution in [0.5, 0.6) is 0 Å². The van der Waals surface area contributed by atoms with Gasteiger partial charge in [0.25, 0.3) is 15.6 Å². The summed E-state index contributed by atoms with van der Waals surface area (Å²) < 4.78 is 28.0. The number of hydrogen-bond donors (Lipinski definition) is 3. The summed E-state index contributed by atoms with van der Waals surface area (Å²) in [6.45, 7) is 4.59. The van der Waals surface area contributed by atoms with Gasteiger partial charge in [0.2, 0.25) is 0 Å². The molecule has 1 aromatic carbocycles. The van der Waals surface area contributed by atoms with E-state index in [2.05, 4.69) is 27.5 Å². The van der Waals surface area contributed by atoms with Gasteiger partial charge in [-0.05, 0) is 55.8 Å². The highest BCUT2D eigenvalue weighted by Crippen LogP contribution is 2.25. The second kappa shape index (κ2) is 10.0. The average Bonchev–Trinajstić information content (AvgIpc) is 3.25. The van der Waals surface area contributed by atoms with E-state index in [-0.39, 0.29) is 19.8 Å². The molecule has 0 saturated heterocycles. The van der Waals surface area contributed by atoms with Gasteiger partial charge in [-0.2, -0.15) is 0 Å². The van der Waals surface area contributed by atoms with Crippen molar-refractivity contribution in [1.82, 2.24) is 19.3 Å². The Morgan fingerprint density at radius 2 is 1.91 bits per heavy atom. The average molecular weight is 533 g/mol. The fourth-order valence-corrected chi connectivity index (χ4v) is 5.70. The van der Waals surface area contributed by atoms with E-state index >= 15 is 0 Å². The Bertz CT molecular complexity index is 1570. The first-order valence-corrected chi connectivity index (χ1v) is 13.2. The van der Waals surface area contributed by atoms with Crippen LogP contribution in [0, 0.1) is 6.92 Å². The van der Waals surface area contributed by atoms with Crippen molar-refractivity contribution in [2.45, 2.75) is 24.5 Å². The molecule has 3 aromatic heterocycles. The van der Waals surface area contributed by atoms with Crippen molar-refractivity contribution >= 4 is 61.3 Å². The number of hydrogen-bond acceptors (Lipinski definition) is 8. The van der Waals surface area contributed by atoms with Crippen molar-refractivity contribution in [2.75, 3.05) is 17.2 Å². The summed E-state index contributed by atoms with van der Waals surface area (Å²) in [5.74, 6) is 0.753. The number of thiophene rings is 1. The largest absolute Gasteiger partial charge is 0.385 e. The minimum atomic E-state index is -4.06. The van der Waals surface area contributed by atoms with Gasteiger partial charge >= 0.3 is 6.03 Å². The number of anilines is 2. The molecule has 0 aliphatic rings. The van der Waals surface area contributed by atoms with Gasteiger partial charge in [-0.25, -0.2) is 32.5 Å². The highest BCUT2D eigenvalue weighted by atomic mass is 35.5. The number of rotatable bonds is 7. The summed E-state index contributed by atoms with van der Waals surface area (Å²) in [4.78, 5) is 34.1. The Morgan fingerprint density at radius 3 is 2.57 bits per heavy atom. The molecule has 4 rings (SSSR count). The molecule has 0 radical (unpaired) electrons. The molecule has 4 aromatic rings. The van der Waals surface area contributed by atoms with Gasteiger partial charge in [0.1, 0.15) is 15.9 Å². The third kappa shape index (κ3) is 5.45. The molecule has 0 spiro atoms. The number of halogens is 1. The number of nitrogens with zero attached hydrogens (tertiary/aromatic N) is 3. The molecule has 35 heavy (non-hydrogen) atoms. The lowest BCUT2D eigenvalue weighted by atomic mass is 10.2. The Morgan fingerprint density at radius 1 is 1.14 bits per heavy atom. The monoisotopic (exact) mass is 532 g/mol. The van der Waals surface area contributed by atoms with E-state index in [1.54, 1.807) is 13.0 Å². The molecule has 3 heterocycles. The number of aromatic nitrogens is 3. The lowest BCUT2D eigenvalue weighted by Crippen LogP contribution is -2.34. The quantitative estimate of drug-likeness (QED) is 0.325. The van der Waals surface area contributed by atoms with Crippen LogP contribution in [0.1, 0.15) is 19.2 Å². The van der Waals surface area contributed by atoms with Crippen LogP contribution in [0.15, 0.2) is 57.7 Å². The summed E-state index contributed by atoms with van der Waals surface area (Å²) in [6, 6.07) is 10.2. The van der Waals surface area contributed by atoms with Gasteiger partial charge in [-0.15, -0.1) is 11.3 Å². The summed E-state index contributed by atoms with van der Waals surface area (Å²) in [7, 11) is -4.06. The van der Waals surface area contributed by atoms with Gasteiger partial charge in [-0.1, -0.05) is 18.5 Å². The van der Waals surface area contributed by atoms with Crippen LogP contribution in [0.3, 0.4) is 0 Å². The van der Waals surface area contributed by atoms with Gasteiger partial charge < -0.3 is 10.6 Å². The Labute approximate surface area is 210 Å². The summed E-state index contributed by atoms with van der Waals surface area (Å²) in [5.41, 5.74) is 1.42. The lowest BCUT2D eigenvalue weighted by Gasteiger charge is -2.12. The van der Waals surface area contributed by atoms with Gasteiger partial charge in [0.05, 0.1) is 27.1 Å². The van der Waals surface area contributed by atoms with Crippen molar-refractivity contribution in [2.24, 2.45) is 0 Å². The number of fused-ring (bicyclic) bond motifs is 1. The first-order valence-electron chi connectivity index (χ1n) is 10.5. The van der Waals surface area contributed by atoms with E-state index in [1.165, 1.54) is 35.0 Å². The maximum Gasteiger partial charge on any atom is 0.333 e. The minimum absolute atomic E-state index is 0.0851. The topological polar surface area (TPSA) is 135 Å². The first kappa shape index (κ1) is 24.6. The van der Waals surface area contributed by atoms with Gasteiger partial charge in [-0.3, -0.25) is 4.79 Å². The zero-order valence-electron chi connectivity index (χ0n) is 18.7. The van der Waals surface area contributed by atoms with Crippen LogP contribution in [-0.2, 0) is 10.0 Å². The van der Waals surface area contributed by atoms with E-state index in [0.717, 1.165) is 30.0 Å². The predicted molar refractivity (Wildman–Crippen MR) is 137 cm³/mol. The number of aryl methyl sites for hydroxylation is 1. The molecule has 10 nitrogen and oxygen atoms in total. The van der Waals surface area contributed by atoms with Crippen LogP contribution < -0.4 is 20.9 Å². The van der Waals surface area contributed by atoms with E-state index in [1.807, 2.05) is 16.9 Å². The van der Waals surface area contributed by atoms with Crippen molar-refractivity contribution < 1.29 is 13.2 Å². The first-order chi connectivity index (χ1) is 16.7. The third-order valence-electron chi connectivity index (χ3n) is 4.89. The molecule has 0 bridgehead atoms. The highest BCUT2D eigenvalue weighted by Gasteiger charge is 2.20. The predicted octanol–water partition coefficient (Wildman–Crippen LogP) is 4.14. The number of urea groups is 1. The third-order valence-corrected chi connectivity index (χ3v) is 7.95. The number of amides is 2. The highest BCUT2D eigenvalue weighted by molar-refractivity contribution is 7.92. The van der Waals surface area contributed by atoms with E-state index in [9.17, 15) is 18.0 Å². The Balaban J connectivity index is 1.53. The van der Waals surface area contributed by atoms with Crippen molar-refractivity contribution in [1.29, 1.82) is 0 Å². The van der Waals surface area contributed by atoms with Crippen LogP contribution in [0.25, 0.3) is 16.7 Å². The molecule has 0 fully saturated rings. The second-order valence-electron chi connectivity index (χ2n) is 7.48. The maximum absolute atomic E-state index is 13.1. The molecule has 0 aliphatic heterocycles. The van der Waals surface area contributed by atoms with E-state index in [4.69, 9.17) is 11.6 Å². The SMILES string of the molecule is CCCNc1ccc2c(=O)n(-c3ccc(NC(=O)NS(=O)(=O)c4ccc(Cl)s4)cn3)c(C)nc2c1. The lowest BCUT2D eigenvalue weighted by molar-refractivity contribution is 0.256. The smallest absolute Gasteiger partial charge is 0.333 e. The fourth-order valence-electron chi connectivity index (χ4n) is 3.31. The number of nitrogens with one attached hydrogen (secondary N) is 3. The molecule has 13 heteroatoms. The summed E-state index contributed by atoms with van der Waals surface area (Å²) >= 11 is 6.59. The molecule has 0 aliphatic carbocycles. The van der Waals surface area contributed by atoms with Crippen LogP contribution in [-0.4, -0.2) is 35.5 Å². The maximum atomic E-state index is 13.1. The molecule has 3 N–H and O–H groups in total. The minimum Gasteiger partial charge on any atom is -0.385 e. The molecule has 0 saturated carbocycles. The van der Waals surface area contributed by atoms with Crippen LogP contribution in [0.4, 0.5) is 16.2 Å². The van der Waals surface area contributed by atoms with Gasteiger partial charge in [0.15, 0.2) is 0 Å². The number of benzene rings is 1. The molecular formula is C22H21ClN6O4S2. The zero-order valence-corrected chi connectivity index (χ0v) is 21.1. The van der Waals surface area contributed by atoms with E-state index in [0.29, 0.717) is 22.5 Å². The number of pyridine rings is 1. The van der Waals surface area contributed by atoms with Crippen LogP contribution in [0.2, 0.25) is 4.34 Å². The standard InChI is InChI=1S/C22H21ClN6O4S2/c1-3-10-24-14-4-6-16-17(11-14)26-13(2)29(21(16)30)19-8-5-15(12-25-19)27-22(31)28-35(32,33)20-9-7-18(23)34-20/h4-9,11-12,24H,3,10H2,1-2H3,(H2,27,28,31). The molecule has 0 atom stereocenters. The van der Waals surface area contributed by atoms with Gasteiger partial charge in [0, 0.05) is 12.2 Å². The Hall–Kier alpha value is -3.48. The second-order valence-corrected chi connectivity index (χ2v) is 11.1. The molecule has 0 unspecified atom stereocenters. The summed E-state index contributed by atoms with van der Waals surface area (Å²) in [6.07, 6.45) is 2.29. The molecule has 2 amide bonds. The van der Waals surface area contributed by atoms with Crippen molar-refractivity contribution in [3.05, 3.63) is 69.2 Å². The molecular weight excluding hydrogens is 512 g/mol. The number of sulfonamides is 1. The normalized spacial score (nSPS) is 11.4. The number of carbonyl (C=O) groups is 1. The Kier molecular flexibility index (Phi) is 7.05.